The Balaban J connectivity index is 1.44. The van der Waals surface area contributed by atoms with Crippen molar-refractivity contribution < 1.29 is 77.0 Å². The second-order valence-corrected chi connectivity index (χ2v) is 18.7. The smallest absolute Gasteiger partial charge is 0.350 e. The lowest BCUT2D eigenvalue weighted by Crippen LogP contribution is -2.82. The van der Waals surface area contributed by atoms with Gasteiger partial charge < -0.3 is 44.0 Å². The Bertz CT molecular complexity index is 2700. The highest BCUT2D eigenvalue weighted by Crippen LogP contribution is 2.64. The van der Waals surface area contributed by atoms with Crippen LogP contribution in [0.3, 0.4) is 0 Å². The zero-order valence-electron chi connectivity index (χ0n) is 39.3. The maximum absolute atomic E-state index is 15.7. The summed E-state index contributed by atoms with van der Waals surface area (Å²) < 4.78 is 36.4. The first kappa shape index (κ1) is 50.6. The van der Waals surface area contributed by atoms with Crippen LogP contribution in [0.15, 0.2) is 101 Å². The number of aliphatic hydroxyl groups is 2. The van der Waals surface area contributed by atoms with Crippen molar-refractivity contribution in [1.29, 1.82) is 0 Å². The molecule has 3 aromatic rings. The van der Waals surface area contributed by atoms with Gasteiger partial charge in [-0.05, 0) is 60.4 Å². The number of azide groups is 1. The first-order valence-corrected chi connectivity index (χ1v) is 22.3. The van der Waals surface area contributed by atoms with E-state index in [1.165, 1.54) is 76.2 Å². The van der Waals surface area contributed by atoms with Gasteiger partial charge in [-0.3, -0.25) is 24.0 Å². The highest BCUT2D eigenvalue weighted by Gasteiger charge is 2.78. The van der Waals surface area contributed by atoms with E-state index in [9.17, 15) is 39.0 Å². The molecule has 3 fully saturated rings. The van der Waals surface area contributed by atoms with Crippen LogP contribution in [0.2, 0.25) is 0 Å². The Morgan fingerprint density at radius 3 is 2.01 bits per heavy atom. The number of ketones is 2. The third-order valence-electron chi connectivity index (χ3n) is 14.2. The Morgan fingerprint density at radius 1 is 0.843 bits per heavy atom. The van der Waals surface area contributed by atoms with E-state index in [1.807, 2.05) is 0 Å². The van der Waals surface area contributed by atoms with Crippen LogP contribution < -0.4 is 5.32 Å². The second kappa shape index (κ2) is 19.3. The van der Waals surface area contributed by atoms with E-state index in [2.05, 4.69) is 15.3 Å². The van der Waals surface area contributed by atoms with Gasteiger partial charge in [0.25, 0.3) is 5.91 Å². The fourth-order valence-corrected chi connectivity index (χ4v) is 10.6. The number of amides is 1. The third kappa shape index (κ3) is 8.83. The number of nitrogens with zero attached hydrogens (tertiary/aromatic N) is 3. The van der Waals surface area contributed by atoms with Gasteiger partial charge in [-0.2, -0.15) is 0 Å². The van der Waals surface area contributed by atoms with Crippen LogP contribution in [-0.4, -0.2) is 112 Å². The number of aliphatic hydroxyl groups excluding tert-OH is 1. The molecule has 70 heavy (non-hydrogen) atoms. The molecule has 20 heteroatoms. The fourth-order valence-electron chi connectivity index (χ4n) is 10.6. The summed E-state index contributed by atoms with van der Waals surface area (Å²) in [5.41, 5.74) is 0.734. The van der Waals surface area contributed by atoms with E-state index in [4.69, 9.17) is 34.0 Å². The van der Waals surface area contributed by atoms with Crippen LogP contribution in [-0.2, 0) is 57.2 Å². The Labute approximate surface area is 401 Å². The molecule has 0 aromatic heterocycles. The normalized spacial score (nSPS) is 29.2. The van der Waals surface area contributed by atoms with Crippen molar-refractivity contribution >= 4 is 53.0 Å². The van der Waals surface area contributed by atoms with Crippen molar-refractivity contribution in [3.63, 3.8) is 0 Å². The summed E-state index contributed by atoms with van der Waals surface area (Å²) >= 11 is 0. The van der Waals surface area contributed by atoms with Gasteiger partial charge in [0.2, 0.25) is 11.9 Å². The number of rotatable bonds is 13. The van der Waals surface area contributed by atoms with Gasteiger partial charge >= 0.3 is 29.8 Å². The summed E-state index contributed by atoms with van der Waals surface area (Å²) in [6, 6.07) is 19.0. The minimum Gasteiger partial charge on any atom is -0.455 e. The van der Waals surface area contributed by atoms with Crippen LogP contribution in [0.1, 0.15) is 93.6 Å². The molecular weight excluding hydrogens is 913 g/mol. The molecule has 11 atom stereocenters. The number of hydrogen-bond donors (Lipinski definition) is 3. The Hall–Kier alpha value is -7.25. The van der Waals surface area contributed by atoms with Crippen LogP contribution in [0.25, 0.3) is 10.4 Å². The summed E-state index contributed by atoms with van der Waals surface area (Å²) in [7, 11) is 0. The SMILES string of the molecule is CC(=O)O[C@H]1C(=O)[C@@]2(C)[C@H]([C@H](OC(=O)c3ccc(N=[N+]=[N-])cc3)[C@]3(O)C[C@H](OC(=O)[C@H](OC(=O)c4ccccc4)[C@@H](NC(=O)C(C)=O)c4ccccc4)C(C)=C1C3(C)C)[C@]1(OC(C)=O)CO[C@@H]1C[C@@H]2O. The van der Waals surface area contributed by atoms with Crippen LogP contribution in [0.5, 0.6) is 0 Å². The predicted octanol–water partition coefficient (Wildman–Crippen LogP) is 4.82. The highest BCUT2D eigenvalue weighted by atomic mass is 16.6. The van der Waals surface area contributed by atoms with Crippen molar-refractivity contribution in [2.45, 2.75) is 115 Å². The van der Waals surface area contributed by atoms with Gasteiger partial charge in [0.05, 0.1) is 35.2 Å². The molecule has 0 unspecified atom stereocenters. The molecule has 1 heterocycles. The molecule has 0 radical (unpaired) electrons. The monoisotopic (exact) mass is 964 g/mol. The van der Waals surface area contributed by atoms with Crippen molar-refractivity contribution in [2.24, 2.45) is 21.9 Å². The molecule has 1 amide bonds. The summed E-state index contributed by atoms with van der Waals surface area (Å²) in [5.74, 6) is -9.99. The number of benzene rings is 3. The number of carbonyl (C=O) groups excluding carboxylic acids is 8. The first-order valence-electron chi connectivity index (χ1n) is 22.3. The number of nitrogens with one attached hydrogen (secondary N) is 1. The molecule has 2 bridgehead atoms. The zero-order chi connectivity index (χ0) is 51.1. The number of hydrogen-bond acceptors (Lipinski definition) is 17. The van der Waals surface area contributed by atoms with E-state index < -0.39 is 131 Å². The second-order valence-electron chi connectivity index (χ2n) is 18.7. The topological polar surface area (TPSA) is 293 Å². The van der Waals surface area contributed by atoms with Gasteiger partial charge in [-0.25, -0.2) is 14.4 Å². The molecule has 3 aliphatic carbocycles. The van der Waals surface area contributed by atoms with Crippen molar-refractivity contribution in [3.8, 4) is 0 Å². The van der Waals surface area contributed by atoms with E-state index in [0.29, 0.717) is 0 Å². The molecule has 368 valence electrons. The number of carbonyl (C=O) groups is 8. The van der Waals surface area contributed by atoms with E-state index in [-0.39, 0.29) is 39.9 Å². The van der Waals surface area contributed by atoms with E-state index >= 15 is 9.59 Å². The lowest BCUT2D eigenvalue weighted by Gasteiger charge is -2.67. The fraction of sp³-hybridized carbons (Fsp3) is 0.440. The first-order chi connectivity index (χ1) is 33.0. The lowest BCUT2D eigenvalue weighted by atomic mass is 9.44. The van der Waals surface area contributed by atoms with Crippen molar-refractivity contribution in [3.05, 3.63) is 123 Å². The summed E-state index contributed by atoms with van der Waals surface area (Å²) in [5, 5.41) is 32.1. The molecule has 3 N–H and O–H groups in total. The average Bonchev–Trinajstić information content (AvgIpc) is 3.31. The van der Waals surface area contributed by atoms with Gasteiger partial charge in [0, 0.05) is 49.6 Å². The standard InChI is InChI=1S/C50H52N4O16/c1-25-33(67-46(63)39(68-44(61)30-16-12-9-13-17-30)37(52-43(60)26(2)55)29-14-10-8-11-15-29)23-50(64)42(69-45(62)31-18-20-32(21-19-31)53-54-51)40-48(7,34(58)22-35-49(40,24-65-35)70-28(4)57)41(59)38(66-27(3)56)36(25)47(50,5)6/h8-21,33-35,37-40,42,58,64H,22-24H2,1-7H3,(H,52,60)/t33-,34-,35+,37-,38+,39+,40-,42-,48+,49-,50+/m0/s1. The summed E-state index contributed by atoms with van der Waals surface area (Å²) in [6.45, 7) is 8.51. The van der Waals surface area contributed by atoms with E-state index in [1.54, 1.807) is 36.4 Å². The largest absolute Gasteiger partial charge is 0.455 e. The molecule has 7 rings (SSSR count). The van der Waals surface area contributed by atoms with Gasteiger partial charge in [0.1, 0.15) is 30.0 Å². The predicted molar refractivity (Wildman–Crippen MR) is 241 cm³/mol. The minimum absolute atomic E-state index is 0.00293. The quantitative estimate of drug-likeness (QED) is 0.0394. The van der Waals surface area contributed by atoms with E-state index in [0.717, 1.165) is 20.8 Å². The molecule has 1 saturated heterocycles. The Kier molecular flexibility index (Phi) is 13.9. The van der Waals surface area contributed by atoms with Crippen molar-refractivity contribution in [2.75, 3.05) is 6.61 Å². The molecule has 0 spiro atoms. The molecule has 2 saturated carbocycles. The number of ether oxygens (including phenoxy) is 6. The maximum Gasteiger partial charge on any atom is 0.350 e. The van der Waals surface area contributed by atoms with Crippen LogP contribution >= 0.6 is 0 Å². The van der Waals surface area contributed by atoms with Crippen molar-refractivity contribution in [1.82, 2.24) is 5.32 Å². The lowest BCUT2D eigenvalue weighted by molar-refractivity contribution is -0.346. The molecule has 3 aromatic carbocycles. The highest BCUT2D eigenvalue weighted by molar-refractivity contribution is 6.35. The number of fused-ring (bicyclic) bond motifs is 5. The Morgan fingerprint density at radius 2 is 1.46 bits per heavy atom. The average molecular weight is 965 g/mol. The zero-order valence-corrected chi connectivity index (χ0v) is 39.3. The molecular formula is C50H52N4O16. The van der Waals surface area contributed by atoms with Crippen LogP contribution in [0.4, 0.5) is 5.69 Å². The number of Topliss-reactive ketones (excluding diaryl/α,β-unsaturated/α-hetero) is 2. The molecule has 1 aliphatic heterocycles. The van der Waals surface area contributed by atoms with Gasteiger partial charge in [-0.1, -0.05) is 79.6 Å². The number of esters is 5. The summed E-state index contributed by atoms with van der Waals surface area (Å²) in [6.07, 6.45) is -11.4. The maximum atomic E-state index is 15.7. The third-order valence-corrected chi connectivity index (χ3v) is 14.2. The van der Waals surface area contributed by atoms with Gasteiger partial charge in [-0.15, -0.1) is 0 Å². The molecule has 20 nitrogen and oxygen atoms in total. The molecule has 4 aliphatic rings. The van der Waals surface area contributed by atoms with Gasteiger partial charge in [0.15, 0.2) is 17.5 Å². The van der Waals surface area contributed by atoms with Crippen LogP contribution in [0, 0.1) is 16.7 Å². The minimum atomic E-state index is -2.55. The summed E-state index contributed by atoms with van der Waals surface area (Å²) in [4.78, 5) is 114.